The largest absolute Gasteiger partial charge is 0.497 e. The van der Waals surface area contributed by atoms with Crippen LogP contribution in [0.3, 0.4) is 0 Å². The first-order chi connectivity index (χ1) is 60.3. The smallest absolute Gasteiger partial charge is 0.325 e. The number of hydrogen-bond acceptors (Lipinski definition) is 26. The molecule has 4 amide bonds. The van der Waals surface area contributed by atoms with Crippen LogP contribution in [0, 0.1) is 0 Å². The van der Waals surface area contributed by atoms with Crippen LogP contribution in [0.1, 0.15) is 49.9 Å². The van der Waals surface area contributed by atoms with Gasteiger partial charge in [0.1, 0.15) is 99.7 Å². The number of methoxy groups -OCH3 is 6. The number of carbonyl (C=O) groups excluding carboxylic acids is 4. The van der Waals surface area contributed by atoms with Crippen molar-refractivity contribution in [2.75, 3.05) is 115 Å². The van der Waals surface area contributed by atoms with Crippen LogP contribution in [0.2, 0.25) is 0 Å². The van der Waals surface area contributed by atoms with Gasteiger partial charge in [0.2, 0.25) is 53.0 Å². The first-order valence-electron chi connectivity index (χ1n) is 38.2. The Morgan fingerprint density at radius 3 is 1.06 bits per heavy atom. The number of aromatic nitrogens is 8. The van der Waals surface area contributed by atoms with E-state index in [2.05, 4.69) is 39.9 Å². The highest BCUT2D eigenvalue weighted by atomic mass is 18.2. The Labute approximate surface area is 713 Å². The highest BCUT2D eigenvalue weighted by Crippen LogP contribution is 2.40. The summed E-state index contributed by atoms with van der Waals surface area (Å²) in [6, 6.07) is 56.0. The van der Waals surface area contributed by atoms with Crippen LogP contribution in [-0.2, 0) is 45.4 Å². The van der Waals surface area contributed by atoms with Crippen molar-refractivity contribution in [1.29, 1.82) is 0 Å². The number of ether oxygens (including phenoxy) is 14. The van der Waals surface area contributed by atoms with Crippen molar-refractivity contribution < 1.29 is 103 Å². The van der Waals surface area contributed by atoms with Crippen LogP contribution in [0.4, 0.5) is 40.3 Å². The maximum atomic E-state index is 12.7. The van der Waals surface area contributed by atoms with Crippen LogP contribution >= 0.6 is 0 Å². The van der Waals surface area contributed by atoms with Gasteiger partial charge in [-0.1, -0.05) is 54.6 Å². The molecule has 0 aliphatic carbocycles. The lowest BCUT2D eigenvalue weighted by molar-refractivity contribution is -0.117. The van der Waals surface area contributed by atoms with Gasteiger partial charge in [0.15, 0.2) is 23.0 Å². The van der Waals surface area contributed by atoms with E-state index in [-0.39, 0.29) is 100 Å². The van der Waals surface area contributed by atoms with Crippen LogP contribution in [0.25, 0.3) is 0 Å². The Morgan fingerprint density at radius 1 is 0.306 bits per heavy atom. The number of anilines is 4. The predicted octanol–water partition coefficient (Wildman–Crippen LogP) is 16.7. The van der Waals surface area contributed by atoms with Gasteiger partial charge in [0.25, 0.3) is 0 Å². The van der Waals surface area contributed by atoms with Gasteiger partial charge in [-0.05, 0) is 115 Å². The lowest BCUT2D eigenvalue weighted by atomic mass is 10.1. The fourth-order valence-corrected chi connectivity index (χ4v) is 11.6. The van der Waals surface area contributed by atoms with Crippen LogP contribution < -0.4 is 85.9 Å². The van der Waals surface area contributed by atoms with E-state index >= 15 is 0 Å². The maximum absolute atomic E-state index is 12.7. The molecule has 0 N–H and O–H groups in total. The number of nitrogens with zero attached hydrogens (tertiary/aromatic N) is 12. The van der Waals surface area contributed by atoms with E-state index in [9.17, 15) is 36.7 Å². The fourth-order valence-electron chi connectivity index (χ4n) is 11.6. The number of para-hydroxylation sites is 8. The van der Waals surface area contributed by atoms with Gasteiger partial charge in [-0.25, -0.2) is 47.5 Å². The van der Waals surface area contributed by atoms with Gasteiger partial charge in [-0.2, -0.15) is 9.97 Å². The standard InChI is InChI=1S/2C23H24FN3O5.C23H23FN2O4.C21H21FN4O4/c1-16(28)27(15-17-14-18(29-2)8-9-20(17)31-13-11-24)19-6-4-5-7-21(19)32-22-10-12-25-23(26-22)30-3;1-16(28)27(15-17-14-18(29-2)8-9-20(17)31-13-11-24)19-6-4-5-7-21(19)32-23-25-12-10-22(26-23)30-3;1-17(27)26(16-18-15-19(28-2)10-11-21(18)29-14-12-24)20-7-3-4-8-22(20)30-23-9-5-6-13-25-23;1-15(27)26(13-16-11-17(28-2)12-24-21(16)29-10-8-22)18-5-3-4-6-19(18)30-20-7-9-23-14-25-20/h2*4-10,12,14H,11,13,15H2,1-3H3;3-11,13,15H,12,14,16H2,1-2H3;3-7,9,11-12,14H,8,10,13H2,1-2H3/i3*24-1;22-1. The SMILES string of the molecule is COc1ccc(OCC[18F])c(CN(C(C)=O)c2ccccc2Oc2ccccn2)c1.COc1ccc(OCC[18F])c(CN(C(C)=O)c2ccccc2Oc2ccnc(OC)n2)c1.COc1ccc(OCC[18F])c(CN(C(C)=O)c2ccccc2Oc2nccc(OC)n2)c1.COc1cnc(OCC[18F])c(CN(C(C)=O)c2ccccc2Oc2ccncn2)c1. The number of alkyl halides is 4. The Hall–Kier alpha value is -15.1. The van der Waals surface area contributed by atoms with E-state index < -0.39 is 26.7 Å². The first kappa shape index (κ1) is 92.8. The molecule has 0 fully saturated rings. The van der Waals surface area contributed by atoms with Gasteiger partial charge in [0.05, 0.1) is 97.8 Å². The van der Waals surface area contributed by atoms with Gasteiger partial charge in [-0.3, -0.25) is 19.2 Å². The van der Waals surface area contributed by atoms with Crippen molar-refractivity contribution >= 4 is 46.4 Å². The van der Waals surface area contributed by atoms with E-state index in [1.54, 1.807) is 215 Å². The minimum absolute atomic E-state index is 0.0707. The van der Waals surface area contributed by atoms with Crippen LogP contribution in [-0.4, -0.2) is 159 Å². The molecule has 0 atom stereocenters. The van der Waals surface area contributed by atoms with Gasteiger partial charge in [0, 0.05) is 99.0 Å². The van der Waals surface area contributed by atoms with Crippen molar-refractivity contribution in [2.45, 2.75) is 53.9 Å². The van der Waals surface area contributed by atoms with E-state index in [4.69, 9.17) is 66.3 Å². The minimum atomic E-state index is -0.654. The minimum Gasteiger partial charge on any atom is -0.497 e. The van der Waals surface area contributed by atoms with E-state index in [1.807, 2.05) is 18.2 Å². The number of hydrogen-bond donors (Lipinski definition) is 0. The third-order valence-electron chi connectivity index (χ3n) is 17.4. The molecule has 5 heterocycles. The third kappa shape index (κ3) is 27.5. The zero-order chi connectivity index (χ0) is 88.5. The Kier molecular flexibility index (Phi) is 36.5. The van der Waals surface area contributed by atoms with Gasteiger partial charge in [-0.15, -0.1) is 0 Å². The molecule has 0 bridgehead atoms. The molecule has 12 aromatic rings. The zero-order valence-corrected chi connectivity index (χ0v) is 69.7. The Balaban J connectivity index is 0.000000187. The normalized spacial score (nSPS) is 10.4. The molecule has 0 aliphatic heterocycles. The van der Waals surface area contributed by atoms with Crippen molar-refractivity contribution in [3.63, 3.8) is 0 Å². The van der Waals surface area contributed by atoms with Crippen molar-refractivity contribution in [1.82, 2.24) is 39.9 Å². The number of halogens is 4. The molecule has 5 aromatic heterocycles. The second-order valence-corrected chi connectivity index (χ2v) is 25.6. The fraction of sp³-hybridized carbons (Fsp3) is 0.244. The second-order valence-electron chi connectivity index (χ2n) is 25.6. The summed E-state index contributed by atoms with van der Waals surface area (Å²) in [5.74, 6) is 6.16. The van der Waals surface area contributed by atoms with Crippen molar-refractivity contribution in [3.05, 3.63) is 254 Å². The number of amides is 4. The van der Waals surface area contributed by atoms with Crippen molar-refractivity contribution in [2.24, 2.45) is 0 Å². The molecule has 0 aliphatic rings. The highest BCUT2D eigenvalue weighted by molar-refractivity contribution is 5.95. The molecule has 0 saturated carbocycles. The third-order valence-corrected chi connectivity index (χ3v) is 17.4. The Bertz CT molecular complexity index is 5080. The summed E-state index contributed by atoms with van der Waals surface area (Å²) in [6.45, 7) is 3.52. The molecule has 12 rings (SSSR count). The highest BCUT2D eigenvalue weighted by Gasteiger charge is 2.26. The van der Waals surface area contributed by atoms with E-state index in [1.165, 1.54) is 88.6 Å². The second kappa shape index (κ2) is 48.8. The molecule has 0 saturated heterocycles. The van der Waals surface area contributed by atoms with Gasteiger partial charge < -0.3 is 85.9 Å². The average Bonchev–Trinajstić information content (AvgIpc) is 0.825. The number of carbonyl (C=O) groups is 4. The molecule has 648 valence electrons. The monoisotopic (exact) mass is 1700 g/mol. The maximum Gasteiger partial charge on any atom is 0.325 e. The van der Waals surface area contributed by atoms with Crippen molar-refractivity contribution in [3.8, 4) is 105 Å². The van der Waals surface area contributed by atoms with Gasteiger partial charge >= 0.3 is 12.0 Å². The summed E-state index contributed by atoms with van der Waals surface area (Å²) in [7, 11) is 9.11. The summed E-state index contributed by atoms with van der Waals surface area (Å²) in [6.07, 6.45) is 9.06. The summed E-state index contributed by atoms with van der Waals surface area (Å²) in [5, 5.41) is 0. The number of benzene rings is 7. The summed E-state index contributed by atoms with van der Waals surface area (Å²) >= 11 is 0. The lowest BCUT2D eigenvalue weighted by Gasteiger charge is -2.25. The molecule has 7 aromatic carbocycles. The van der Waals surface area contributed by atoms with E-state index in [0.29, 0.717) is 126 Å². The first-order valence-corrected chi connectivity index (χ1v) is 38.2. The molecule has 0 radical (unpaired) electrons. The topological polar surface area (TPSA) is 314 Å². The predicted molar refractivity (Wildman–Crippen MR) is 453 cm³/mol. The molecule has 0 unspecified atom stereocenters. The van der Waals surface area contributed by atoms with Crippen LogP contribution in [0.15, 0.2) is 231 Å². The molecular formula is C90H92F4N12O18. The van der Waals surface area contributed by atoms with Crippen LogP contribution in [0.5, 0.6) is 105 Å². The quantitative estimate of drug-likeness (QED) is 0.0325. The molecule has 34 heteroatoms. The summed E-state index contributed by atoms with van der Waals surface area (Å²) < 4.78 is 127. The Morgan fingerprint density at radius 2 is 0.669 bits per heavy atom. The lowest BCUT2D eigenvalue weighted by Crippen LogP contribution is -2.28. The zero-order valence-electron chi connectivity index (χ0n) is 69.7. The molecule has 124 heavy (non-hydrogen) atoms. The molecule has 0 spiro atoms. The molecule has 30 nitrogen and oxygen atoms in total. The number of pyridine rings is 2. The summed E-state index contributed by atoms with van der Waals surface area (Å²) in [4.78, 5) is 89.1. The molecular weight excluding hydrogens is 1610 g/mol. The van der Waals surface area contributed by atoms with E-state index in [0.717, 1.165) is 0 Å². The number of rotatable bonds is 38. The summed E-state index contributed by atoms with van der Waals surface area (Å²) in [5.41, 5.74) is 4.70. The average molecular weight is 1700 g/mol.